The standard InChI is InChI=1S/C22H29Cl2N3O2/c1-3-5-6-7-10-27-21(28)19(17-9-8-16(23)15-18(17)24)20(22(27)29)26-13-11-25(4-2)12-14-26/h8-9,15H,3-7,10-14H2,1-2H3. The number of unbranched alkanes of at least 4 members (excludes halogenated alkanes) is 3. The Morgan fingerprint density at radius 1 is 0.931 bits per heavy atom. The van der Waals surface area contributed by atoms with Crippen LogP contribution in [0.5, 0.6) is 0 Å². The molecule has 0 unspecified atom stereocenters. The van der Waals surface area contributed by atoms with Crippen molar-refractivity contribution in [3.63, 3.8) is 0 Å². The average molecular weight is 438 g/mol. The van der Waals surface area contributed by atoms with Crippen molar-refractivity contribution in [1.82, 2.24) is 14.7 Å². The molecule has 2 aliphatic rings. The summed E-state index contributed by atoms with van der Waals surface area (Å²) in [4.78, 5) is 32.4. The van der Waals surface area contributed by atoms with E-state index in [9.17, 15) is 9.59 Å². The third-order valence-corrected chi connectivity index (χ3v) is 6.26. The topological polar surface area (TPSA) is 43.9 Å². The Morgan fingerprint density at radius 3 is 2.28 bits per heavy atom. The maximum absolute atomic E-state index is 13.3. The van der Waals surface area contributed by atoms with Gasteiger partial charge in [0.1, 0.15) is 5.70 Å². The summed E-state index contributed by atoms with van der Waals surface area (Å²) in [5, 5.41) is 0.900. The molecule has 0 saturated carbocycles. The fourth-order valence-corrected chi connectivity index (χ4v) is 4.48. The molecule has 158 valence electrons. The van der Waals surface area contributed by atoms with E-state index >= 15 is 0 Å². The molecule has 2 aliphatic heterocycles. The van der Waals surface area contributed by atoms with Crippen LogP contribution in [0.1, 0.15) is 45.1 Å². The summed E-state index contributed by atoms with van der Waals surface area (Å²) >= 11 is 12.5. The Morgan fingerprint density at radius 2 is 1.66 bits per heavy atom. The van der Waals surface area contributed by atoms with Gasteiger partial charge < -0.3 is 9.80 Å². The molecule has 1 saturated heterocycles. The number of carbonyl (C=O) groups excluding carboxylic acids is 2. The van der Waals surface area contributed by atoms with Crippen molar-refractivity contribution in [2.24, 2.45) is 0 Å². The van der Waals surface area contributed by atoms with Gasteiger partial charge in [-0.15, -0.1) is 0 Å². The summed E-state index contributed by atoms with van der Waals surface area (Å²) in [5.74, 6) is -0.443. The van der Waals surface area contributed by atoms with Crippen LogP contribution in [0.3, 0.4) is 0 Å². The molecule has 29 heavy (non-hydrogen) atoms. The van der Waals surface area contributed by atoms with Crippen molar-refractivity contribution in [3.8, 4) is 0 Å². The van der Waals surface area contributed by atoms with Crippen molar-refractivity contribution < 1.29 is 9.59 Å². The molecule has 5 nitrogen and oxygen atoms in total. The highest BCUT2D eigenvalue weighted by atomic mass is 35.5. The first-order valence-corrected chi connectivity index (χ1v) is 11.3. The summed E-state index contributed by atoms with van der Waals surface area (Å²) in [6.45, 7) is 8.91. The van der Waals surface area contributed by atoms with Crippen molar-refractivity contribution in [2.45, 2.75) is 39.5 Å². The molecule has 0 radical (unpaired) electrons. The number of nitrogens with zero attached hydrogens (tertiary/aromatic N) is 3. The SMILES string of the molecule is CCCCCCN1C(=O)C(c2ccc(Cl)cc2Cl)=C(N2CCN(CC)CC2)C1=O. The van der Waals surface area contributed by atoms with Gasteiger partial charge >= 0.3 is 0 Å². The highest BCUT2D eigenvalue weighted by molar-refractivity contribution is 6.41. The van der Waals surface area contributed by atoms with Crippen LogP contribution in [0.25, 0.3) is 5.57 Å². The number of likely N-dealkylation sites (N-methyl/N-ethyl adjacent to an activating group) is 1. The van der Waals surface area contributed by atoms with Crippen LogP contribution < -0.4 is 0 Å². The van der Waals surface area contributed by atoms with Crippen molar-refractivity contribution in [1.29, 1.82) is 0 Å². The number of halogens is 2. The van der Waals surface area contributed by atoms with Crippen LogP contribution in [0.15, 0.2) is 23.9 Å². The van der Waals surface area contributed by atoms with Crippen LogP contribution >= 0.6 is 23.2 Å². The minimum Gasteiger partial charge on any atom is -0.364 e. The zero-order valence-electron chi connectivity index (χ0n) is 17.2. The second kappa shape index (κ2) is 9.96. The number of hydrogen-bond acceptors (Lipinski definition) is 4. The summed E-state index contributed by atoms with van der Waals surface area (Å²) in [6, 6.07) is 5.08. The molecule has 2 heterocycles. The average Bonchev–Trinajstić information content (AvgIpc) is 2.95. The molecule has 0 N–H and O–H groups in total. The number of carbonyl (C=O) groups is 2. The molecule has 0 aromatic heterocycles. The third-order valence-electron chi connectivity index (χ3n) is 5.72. The number of piperazine rings is 1. The van der Waals surface area contributed by atoms with Crippen LogP contribution in [-0.2, 0) is 9.59 Å². The van der Waals surface area contributed by atoms with E-state index in [0.29, 0.717) is 33.4 Å². The first-order valence-electron chi connectivity index (χ1n) is 10.5. The molecular formula is C22H29Cl2N3O2. The molecule has 7 heteroatoms. The molecular weight excluding hydrogens is 409 g/mol. The van der Waals surface area contributed by atoms with E-state index in [1.54, 1.807) is 18.2 Å². The smallest absolute Gasteiger partial charge is 0.277 e. The molecule has 1 aromatic rings. The quantitative estimate of drug-likeness (QED) is 0.449. The highest BCUT2D eigenvalue weighted by Gasteiger charge is 2.42. The Labute approximate surface area is 183 Å². The number of benzene rings is 1. The summed E-state index contributed by atoms with van der Waals surface area (Å²) in [5.41, 5.74) is 1.49. The lowest BCUT2D eigenvalue weighted by molar-refractivity contribution is -0.137. The van der Waals surface area contributed by atoms with Gasteiger partial charge in [-0.25, -0.2) is 0 Å². The zero-order valence-corrected chi connectivity index (χ0v) is 18.7. The third kappa shape index (κ3) is 4.79. The van der Waals surface area contributed by atoms with Crippen LogP contribution in [0.4, 0.5) is 0 Å². The Bertz CT molecular complexity index is 801. The fraction of sp³-hybridized carbons (Fsp3) is 0.545. The molecule has 1 aromatic carbocycles. The van der Waals surface area contributed by atoms with E-state index in [1.807, 2.05) is 0 Å². The zero-order chi connectivity index (χ0) is 21.0. The van der Waals surface area contributed by atoms with Gasteiger partial charge in [0.2, 0.25) is 0 Å². The van der Waals surface area contributed by atoms with Gasteiger partial charge in [-0.3, -0.25) is 14.5 Å². The van der Waals surface area contributed by atoms with E-state index in [1.165, 1.54) is 4.90 Å². The van der Waals surface area contributed by atoms with Crippen molar-refractivity contribution in [2.75, 3.05) is 39.3 Å². The molecule has 3 rings (SSSR count). The maximum atomic E-state index is 13.3. The minimum atomic E-state index is -0.247. The van der Waals surface area contributed by atoms with Gasteiger partial charge in [-0.1, -0.05) is 62.4 Å². The molecule has 2 amide bonds. The fourth-order valence-electron chi connectivity index (χ4n) is 3.98. The minimum absolute atomic E-state index is 0.197. The van der Waals surface area contributed by atoms with Crippen LogP contribution in [0, 0.1) is 0 Å². The predicted octanol–water partition coefficient (Wildman–Crippen LogP) is 4.29. The molecule has 0 aliphatic carbocycles. The first-order chi connectivity index (χ1) is 14.0. The van der Waals surface area contributed by atoms with E-state index in [0.717, 1.165) is 58.4 Å². The molecule has 0 atom stereocenters. The maximum Gasteiger partial charge on any atom is 0.277 e. The first kappa shape index (κ1) is 22.1. The van der Waals surface area contributed by atoms with Gasteiger partial charge in [-0.05, 0) is 25.1 Å². The second-order valence-electron chi connectivity index (χ2n) is 7.59. The number of imide groups is 1. The monoisotopic (exact) mass is 437 g/mol. The number of hydrogen-bond donors (Lipinski definition) is 0. The Balaban J connectivity index is 1.93. The normalized spacial score (nSPS) is 18.3. The van der Waals surface area contributed by atoms with Crippen LogP contribution in [0.2, 0.25) is 10.0 Å². The number of amides is 2. The molecule has 1 fully saturated rings. The Hall–Kier alpha value is -1.56. The summed E-state index contributed by atoms with van der Waals surface area (Å²) in [7, 11) is 0. The predicted molar refractivity (Wildman–Crippen MR) is 118 cm³/mol. The lowest BCUT2D eigenvalue weighted by atomic mass is 10.0. The van der Waals surface area contributed by atoms with E-state index in [2.05, 4.69) is 23.6 Å². The second-order valence-corrected chi connectivity index (χ2v) is 8.44. The summed E-state index contributed by atoms with van der Waals surface area (Å²) < 4.78 is 0. The van der Waals surface area contributed by atoms with E-state index in [4.69, 9.17) is 23.2 Å². The lowest BCUT2D eigenvalue weighted by Gasteiger charge is -2.36. The lowest BCUT2D eigenvalue weighted by Crippen LogP contribution is -2.47. The highest BCUT2D eigenvalue weighted by Crippen LogP contribution is 2.36. The van der Waals surface area contributed by atoms with Gasteiger partial charge in [0.15, 0.2) is 0 Å². The van der Waals surface area contributed by atoms with Crippen molar-refractivity contribution in [3.05, 3.63) is 39.5 Å². The number of rotatable bonds is 8. The van der Waals surface area contributed by atoms with Gasteiger partial charge in [0.05, 0.1) is 10.6 Å². The molecule has 0 bridgehead atoms. The van der Waals surface area contributed by atoms with E-state index < -0.39 is 0 Å². The summed E-state index contributed by atoms with van der Waals surface area (Å²) in [6.07, 6.45) is 4.04. The van der Waals surface area contributed by atoms with Gasteiger partial charge in [0, 0.05) is 43.3 Å². The molecule has 0 spiro atoms. The largest absolute Gasteiger partial charge is 0.364 e. The van der Waals surface area contributed by atoms with Crippen LogP contribution in [-0.4, -0.2) is 65.8 Å². The van der Waals surface area contributed by atoms with Crippen molar-refractivity contribution >= 4 is 40.6 Å². The van der Waals surface area contributed by atoms with Gasteiger partial charge in [0.25, 0.3) is 11.8 Å². The van der Waals surface area contributed by atoms with Gasteiger partial charge in [-0.2, -0.15) is 0 Å². The Kier molecular flexibility index (Phi) is 7.60. The van der Waals surface area contributed by atoms with E-state index in [-0.39, 0.29) is 11.8 Å².